The second kappa shape index (κ2) is 16.5. The average Bonchev–Trinajstić information content (AvgIpc) is 2.92. The topological polar surface area (TPSA) is 9.23 Å². The van der Waals surface area contributed by atoms with Crippen molar-refractivity contribution in [2.75, 3.05) is 6.61 Å². The van der Waals surface area contributed by atoms with E-state index in [0.29, 0.717) is 0 Å². The Morgan fingerprint density at radius 3 is 2.00 bits per heavy atom. The van der Waals surface area contributed by atoms with E-state index < -0.39 is 0 Å². The lowest BCUT2D eigenvalue weighted by atomic mass is 9.98. The van der Waals surface area contributed by atoms with E-state index in [0.717, 1.165) is 24.7 Å². The van der Waals surface area contributed by atoms with Crippen LogP contribution in [0.1, 0.15) is 110 Å². The molecule has 1 atom stereocenters. The van der Waals surface area contributed by atoms with Crippen LogP contribution in [0.5, 0.6) is 5.75 Å². The number of benzene rings is 3. The normalized spacial score (nSPS) is 12.2. The van der Waals surface area contributed by atoms with Crippen LogP contribution in [-0.2, 0) is 6.42 Å². The zero-order valence-corrected chi connectivity index (χ0v) is 23.4. The van der Waals surface area contributed by atoms with Gasteiger partial charge in [-0.25, -0.2) is 0 Å². The highest BCUT2D eigenvalue weighted by Crippen LogP contribution is 2.27. The predicted molar refractivity (Wildman–Crippen MR) is 159 cm³/mol. The zero-order chi connectivity index (χ0) is 25.4. The van der Waals surface area contributed by atoms with Gasteiger partial charge in [0.1, 0.15) is 5.75 Å². The third-order valence-corrected chi connectivity index (χ3v) is 7.72. The highest BCUT2D eigenvalue weighted by atomic mass is 16.5. The van der Waals surface area contributed by atoms with Gasteiger partial charge in [0.2, 0.25) is 0 Å². The van der Waals surface area contributed by atoms with Gasteiger partial charge in [-0.2, -0.15) is 0 Å². The summed E-state index contributed by atoms with van der Waals surface area (Å²) >= 11 is 0. The maximum atomic E-state index is 5.98. The van der Waals surface area contributed by atoms with Crippen LogP contribution in [0.3, 0.4) is 0 Å². The summed E-state index contributed by atoms with van der Waals surface area (Å²) in [6.07, 6.45) is 18.6. The van der Waals surface area contributed by atoms with Crippen LogP contribution < -0.4 is 4.74 Å². The molecule has 3 aromatic carbocycles. The fourth-order valence-corrected chi connectivity index (χ4v) is 5.00. The molecule has 0 heterocycles. The first-order valence-electron chi connectivity index (χ1n) is 15.0. The average molecular weight is 487 g/mol. The molecule has 3 rings (SSSR count). The van der Waals surface area contributed by atoms with E-state index in [1.807, 2.05) is 0 Å². The van der Waals surface area contributed by atoms with Gasteiger partial charge in [0.05, 0.1) is 6.61 Å². The monoisotopic (exact) mass is 486 g/mol. The molecule has 0 amide bonds. The number of ether oxygens (including phenoxy) is 1. The Morgan fingerprint density at radius 1 is 0.611 bits per heavy atom. The van der Waals surface area contributed by atoms with Crippen molar-refractivity contribution in [1.82, 2.24) is 0 Å². The van der Waals surface area contributed by atoms with Crippen molar-refractivity contribution in [2.45, 2.75) is 111 Å². The number of aryl methyl sites for hydroxylation is 1. The van der Waals surface area contributed by atoms with E-state index in [1.54, 1.807) is 0 Å². The SMILES string of the molecule is CCCCCCCCCCc1ccc2cc(-c3ccc(OCCCCCC(C)CC)cc3)ccc2c1. The number of fused-ring (bicyclic) bond motifs is 1. The predicted octanol–water partition coefficient (Wildman–Crippen LogP) is 11.2. The Labute approximate surface area is 221 Å². The molecule has 3 aromatic rings. The maximum Gasteiger partial charge on any atom is 0.119 e. The van der Waals surface area contributed by atoms with Crippen molar-refractivity contribution in [3.8, 4) is 16.9 Å². The molecule has 0 radical (unpaired) electrons. The molecule has 0 N–H and O–H groups in total. The molecular formula is C35H50O. The van der Waals surface area contributed by atoms with E-state index in [1.165, 1.54) is 111 Å². The highest BCUT2D eigenvalue weighted by molar-refractivity contribution is 5.87. The van der Waals surface area contributed by atoms with E-state index in [9.17, 15) is 0 Å². The summed E-state index contributed by atoms with van der Waals surface area (Å²) in [5, 5.41) is 2.67. The third-order valence-electron chi connectivity index (χ3n) is 7.72. The second-order valence-electron chi connectivity index (χ2n) is 10.9. The molecule has 0 fully saturated rings. The lowest BCUT2D eigenvalue weighted by Gasteiger charge is -2.10. The molecule has 36 heavy (non-hydrogen) atoms. The molecule has 196 valence electrons. The van der Waals surface area contributed by atoms with Gasteiger partial charge in [0, 0.05) is 0 Å². The number of unbranched alkanes of at least 4 members (excludes halogenated alkanes) is 9. The molecule has 1 nitrogen and oxygen atoms in total. The molecule has 0 aromatic heterocycles. The zero-order valence-electron chi connectivity index (χ0n) is 23.4. The quantitative estimate of drug-likeness (QED) is 0.162. The van der Waals surface area contributed by atoms with Crippen LogP contribution in [0, 0.1) is 5.92 Å². The van der Waals surface area contributed by atoms with Crippen molar-refractivity contribution < 1.29 is 4.74 Å². The first-order chi connectivity index (χ1) is 17.7. The number of hydrogen-bond donors (Lipinski definition) is 0. The molecule has 0 aliphatic heterocycles. The fourth-order valence-electron chi connectivity index (χ4n) is 5.00. The van der Waals surface area contributed by atoms with Crippen molar-refractivity contribution >= 4 is 10.8 Å². The number of rotatable bonds is 18. The second-order valence-corrected chi connectivity index (χ2v) is 10.9. The Morgan fingerprint density at radius 2 is 1.25 bits per heavy atom. The molecule has 1 heteroatoms. The van der Waals surface area contributed by atoms with Crippen LogP contribution >= 0.6 is 0 Å². The first-order valence-corrected chi connectivity index (χ1v) is 15.0. The van der Waals surface area contributed by atoms with E-state index in [-0.39, 0.29) is 0 Å². The van der Waals surface area contributed by atoms with Crippen LogP contribution in [0.15, 0.2) is 60.7 Å². The van der Waals surface area contributed by atoms with E-state index >= 15 is 0 Å². The Kier molecular flexibility index (Phi) is 12.9. The van der Waals surface area contributed by atoms with Crippen LogP contribution in [-0.4, -0.2) is 6.61 Å². The molecule has 0 saturated carbocycles. The molecule has 0 aliphatic carbocycles. The van der Waals surface area contributed by atoms with Crippen molar-refractivity contribution in [3.63, 3.8) is 0 Å². The lowest BCUT2D eigenvalue weighted by molar-refractivity contribution is 0.302. The van der Waals surface area contributed by atoms with E-state index in [2.05, 4.69) is 81.4 Å². The molecule has 0 aliphatic rings. The summed E-state index contributed by atoms with van der Waals surface area (Å²) in [5.74, 6) is 1.84. The molecule has 1 unspecified atom stereocenters. The van der Waals surface area contributed by atoms with Crippen LogP contribution in [0.2, 0.25) is 0 Å². The molecule has 0 spiro atoms. The summed E-state index contributed by atoms with van der Waals surface area (Å²) in [7, 11) is 0. The van der Waals surface area contributed by atoms with Gasteiger partial charge in [0.25, 0.3) is 0 Å². The van der Waals surface area contributed by atoms with Crippen molar-refractivity contribution in [1.29, 1.82) is 0 Å². The van der Waals surface area contributed by atoms with Gasteiger partial charge in [-0.05, 0) is 70.8 Å². The van der Waals surface area contributed by atoms with Crippen molar-refractivity contribution in [3.05, 3.63) is 66.2 Å². The van der Waals surface area contributed by atoms with Gasteiger partial charge in [0.15, 0.2) is 0 Å². The summed E-state index contributed by atoms with van der Waals surface area (Å²) in [6.45, 7) is 7.74. The van der Waals surface area contributed by atoms with Gasteiger partial charge in [-0.15, -0.1) is 0 Å². The first kappa shape index (κ1) is 28.3. The minimum Gasteiger partial charge on any atom is -0.494 e. The molecular weight excluding hydrogens is 436 g/mol. The third kappa shape index (κ3) is 10.00. The summed E-state index contributed by atoms with van der Waals surface area (Å²) in [5.41, 5.74) is 4.00. The molecule has 0 bridgehead atoms. The summed E-state index contributed by atoms with van der Waals surface area (Å²) in [4.78, 5) is 0. The highest BCUT2D eigenvalue weighted by Gasteiger charge is 2.04. The van der Waals surface area contributed by atoms with Crippen LogP contribution in [0.25, 0.3) is 21.9 Å². The van der Waals surface area contributed by atoms with Gasteiger partial charge < -0.3 is 4.74 Å². The fraction of sp³-hybridized carbons (Fsp3) is 0.543. The van der Waals surface area contributed by atoms with Crippen molar-refractivity contribution in [2.24, 2.45) is 5.92 Å². The smallest absolute Gasteiger partial charge is 0.119 e. The largest absolute Gasteiger partial charge is 0.494 e. The van der Waals surface area contributed by atoms with Gasteiger partial charge >= 0.3 is 0 Å². The summed E-state index contributed by atoms with van der Waals surface area (Å²) < 4.78 is 5.98. The Hall–Kier alpha value is -2.28. The van der Waals surface area contributed by atoms with E-state index in [4.69, 9.17) is 4.74 Å². The lowest BCUT2D eigenvalue weighted by Crippen LogP contribution is -1.98. The molecule has 0 saturated heterocycles. The Bertz CT molecular complexity index is 987. The van der Waals surface area contributed by atoms with Gasteiger partial charge in [-0.1, -0.05) is 134 Å². The Balaban J connectivity index is 1.42. The standard InChI is InChI=1S/C35H50O/c1-4-6-7-8-9-10-11-14-17-30-18-19-34-28-33(21-20-32(34)27-30)31-22-24-35(25-23-31)36-26-15-12-13-16-29(3)5-2/h18-25,27-29H,4-17,26H2,1-3H3. The summed E-state index contributed by atoms with van der Waals surface area (Å²) in [6, 6.07) is 22.5. The van der Waals surface area contributed by atoms with Crippen LogP contribution in [0.4, 0.5) is 0 Å². The number of hydrogen-bond acceptors (Lipinski definition) is 1. The maximum absolute atomic E-state index is 5.98. The minimum absolute atomic E-state index is 0.817. The van der Waals surface area contributed by atoms with Gasteiger partial charge in [-0.3, -0.25) is 0 Å². The minimum atomic E-state index is 0.817.